The fourth-order valence-electron chi connectivity index (χ4n) is 3.89. The highest BCUT2D eigenvalue weighted by Crippen LogP contribution is 2.29. The van der Waals surface area contributed by atoms with E-state index in [0.717, 1.165) is 12.5 Å². The van der Waals surface area contributed by atoms with E-state index in [1.807, 2.05) is 6.92 Å². The summed E-state index contributed by atoms with van der Waals surface area (Å²) < 4.78 is 34.1. The van der Waals surface area contributed by atoms with Gasteiger partial charge in [0.2, 0.25) is 5.43 Å². The minimum absolute atomic E-state index is 0.00282. The van der Waals surface area contributed by atoms with Crippen molar-refractivity contribution < 1.29 is 28.2 Å². The molecule has 0 spiro atoms. The Morgan fingerprint density at radius 2 is 2.10 bits per heavy atom. The van der Waals surface area contributed by atoms with Crippen LogP contribution >= 0.6 is 0 Å². The summed E-state index contributed by atoms with van der Waals surface area (Å²) in [5.41, 5.74) is -1.56. The summed E-state index contributed by atoms with van der Waals surface area (Å²) in [7, 11) is 0. The summed E-state index contributed by atoms with van der Waals surface area (Å²) in [6, 6.07) is 2.92. The predicted octanol–water partition coefficient (Wildman–Crippen LogP) is 1.74. The number of aromatic hydroxyl groups is 1. The number of nitrogens with one attached hydrogen (secondary N) is 1. The van der Waals surface area contributed by atoms with Gasteiger partial charge in [-0.3, -0.25) is 14.4 Å². The van der Waals surface area contributed by atoms with Crippen LogP contribution in [0.15, 0.2) is 29.2 Å². The molecular weight excluding hydrogens is 412 g/mol. The summed E-state index contributed by atoms with van der Waals surface area (Å²) in [5.74, 6) is -3.80. The average molecular weight is 433 g/mol. The second-order valence-electron chi connectivity index (χ2n) is 7.55. The van der Waals surface area contributed by atoms with Gasteiger partial charge in [0.05, 0.1) is 12.6 Å². The molecule has 164 valence electrons. The van der Waals surface area contributed by atoms with E-state index in [-0.39, 0.29) is 30.5 Å². The number of carbonyl (C=O) groups is 2. The SMILES string of the molecule is CC[C@@H]1CCN2C(=O)c3c(O)c(=O)c(C(=O)NCc4ccc(F)cc4F)cn3C[C@@H]2O1. The first-order valence-corrected chi connectivity index (χ1v) is 9.95. The van der Waals surface area contributed by atoms with Crippen molar-refractivity contribution in [1.82, 2.24) is 14.8 Å². The van der Waals surface area contributed by atoms with Gasteiger partial charge < -0.3 is 24.6 Å². The third kappa shape index (κ3) is 3.78. The molecule has 4 rings (SSSR count). The van der Waals surface area contributed by atoms with E-state index in [1.165, 1.54) is 21.7 Å². The monoisotopic (exact) mass is 433 g/mol. The molecule has 0 bridgehead atoms. The molecule has 0 aliphatic carbocycles. The Morgan fingerprint density at radius 1 is 1.32 bits per heavy atom. The van der Waals surface area contributed by atoms with Gasteiger partial charge in [-0.25, -0.2) is 8.78 Å². The van der Waals surface area contributed by atoms with Crippen LogP contribution in [0.3, 0.4) is 0 Å². The summed E-state index contributed by atoms with van der Waals surface area (Å²) in [5, 5.41) is 12.8. The van der Waals surface area contributed by atoms with Crippen LogP contribution in [0.1, 0.15) is 46.2 Å². The van der Waals surface area contributed by atoms with Gasteiger partial charge in [-0.05, 0) is 18.9 Å². The molecule has 0 radical (unpaired) electrons. The molecule has 1 fully saturated rings. The predicted molar refractivity (Wildman–Crippen MR) is 105 cm³/mol. The van der Waals surface area contributed by atoms with Crippen LogP contribution in [0.4, 0.5) is 8.78 Å². The minimum Gasteiger partial charge on any atom is -0.503 e. The van der Waals surface area contributed by atoms with Gasteiger partial charge in [-0.2, -0.15) is 0 Å². The minimum atomic E-state index is -1.00. The van der Waals surface area contributed by atoms with E-state index in [0.29, 0.717) is 19.0 Å². The molecule has 1 saturated heterocycles. The second kappa shape index (κ2) is 8.10. The summed E-state index contributed by atoms with van der Waals surface area (Å²) in [6.45, 7) is 2.29. The maximum absolute atomic E-state index is 13.8. The van der Waals surface area contributed by atoms with Crippen LogP contribution < -0.4 is 10.7 Å². The van der Waals surface area contributed by atoms with Gasteiger partial charge in [0.1, 0.15) is 17.2 Å². The van der Waals surface area contributed by atoms with Crippen LogP contribution in [0.5, 0.6) is 5.75 Å². The maximum atomic E-state index is 13.8. The Labute approximate surface area is 176 Å². The molecule has 2 amide bonds. The molecule has 1 aromatic heterocycles. The van der Waals surface area contributed by atoms with Crippen LogP contribution in [0.25, 0.3) is 0 Å². The molecule has 2 aromatic rings. The number of amides is 2. The number of benzene rings is 1. The first-order valence-electron chi connectivity index (χ1n) is 9.95. The van der Waals surface area contributed by atoms with Crippen molar-refractivity contribution in [3.8, 4) is 5.75 Å². The zero-order valence-electron chi connectivity index (χ0n) is 16.7. The third-order valence-electron chi connectivity index (χ3n) is 5.62. The van der Waals surface area contributed by atoms with Crippen LogP contribution in [0, 0.1) is 11.6 Å². The van der Waals surface area contributed by atoms with Crippen molar-refractivity contribution in [3.05, 3.63) is 63.1 Å². The largest absolute Gasteiger partial charge is 0.503 e. The number of hydrogen-bond donors (Lipinski definition) is 2. The molecular formula is C21H21F2N3O5. The van der Waals surface area contributed by atoms with E-state index < -0.39 is 46.4 Å². The van der Waals surface area contributed by atoms with Crippen LogP contribution in [-0.2, 0) is 17.8 Å². The molecule has 10 heteroatoms. The number of carbonyl (C=O) groups excluding carboxylic acids is 2. The normalized spacial score (nSPS) is 20.2. The number of fused-ring (bicyclic) bond motifs is 2. The first kappa shape index (κ1) is 21.0. The van der Waals surface area contributed by atoms with Gasteiger partial charge in [0, 0.05) is 30.9 Å². The van der Waals surface area contributed by atoms with E-state index in [4.69, 9.17) is 4.74 Å². The smallest absolute Gasteiger partial charge is 0.276 e. The van der Waals surface area contributed by atoms with Crippen LogP contribution in [-0.4, -0.2) is 45.3 Å². The van der Waals surface area contributed by atoms with Crippen molar-refractivity contribution in [2.45, 2.75) is 45.2 Å². The molecule has 2 atom stereocenters. The van der Waals surface area contributed by atoms with E-state index >= 15 is 0 Å². The zero-order valence-corrected chi connectivity index (χ0v) is 16.7. The summed E-state index contributed by atoms with van der Waals surface area (Å²) in [4.78, 5) is 39.4. The van der Waals surface area contributed by atoms with Crippen LogP contribution in [0.2, 0.25) is 0 Å². The Balaban J connectivity index is 1.60. The summed E-state index contributed by atoms with van der Waals surface area (Å²) in [6.07, 6.45) is 2.07. The van der Waals surface area contributed by atoms with Gasteiger partial charge in [0.25, 0.3) is 11.8 Å². The molecule has 8 nitrogen and oxygen atoms in total. The Morgan fingerprint density at radius 3 is 2.81 bits per heavy atom. The number of nitrogens with zero attached hydrogens (tertiary/aromatic N) is 2. The van der Waals surface area contributed by atoms with Gasteiger partial charge in [-0.1, -0.05) is 13.0 Å². The molecule has 1 aromatic carbocycles. The fraction of sp³-hybridized carbons (Fsp3) is 0.381. The number of rotatable bonds is 4. The Kier molecular flexibility index (Phi) is 5.48. The molecule has 2 aliphatic heterocycles. The highest BCUT2D eigenvalue weighted by atomic mass is 19.1. The number of halogens is 2. The third-order valence-corrected chi connectivity index (χ3v) is 5.62. The molecule has 0 unspecified atom stereocenters. The Hall–Kier alpha value is -3.27. The fourth-order valence-corrected chi connectivity index (χ4v) is 3.89. The Bertz CT molecular complexity index is 1120. The van der Waals surface area contributed by atoms with Crippen molar-refractivity contribution >= 4 is 11.8 Å². The van der Waals surface area contributed by atoms with Crippen molar-refractivity contribution in [1.29, 1.82) is 0 Å². The molecule has 31 heavy (non-hydrogen) atoms. The van der Waals surface area contributed by atoms with E-state index in [9.17, 15) is 28.3 Å². The standard InChI is InChI=1S/C21H21F2N3O5/c1-2-13-5-6-26-16(31-13)10-25-9-14(18(27)19(28)17(25)21(26)30)20(29)24-8-11-3-4-12(22)7-15(11)23/h3-4,7,9,13,16,28H,2,5-6,8,10H2,1H3,(H,24,29)/t13-,16+/m1/s1. The van der Waals surface area contributed by atoms with Crippen molar-refractivity contribution in [2.75, 3.05) is 6.54 Å². The zero-order chi connectivity index (χ0) is 22.3. The van der Waals surface area contributed by atoms with Crippen molar-refractivity contribution in [3.63, 3.8) is 0 Å². The van der Waals surface area contributed by atoms with Crippen molar-refractivity contribution in [2.24, 2.45) is 0 Å². The highest BCUT2D eigenvalue weighted by molar-refractivity contribution is 5.99. The lowest BCUT2D eigenvalue weighted by molar-refractivity contribution is -0.134. The number of ether oxygens (including phenoxy) is 1. The number of pyridine rings is 1. The lowest BCUT2D eigenvalue weighted by Gasteiger charge is -2.43. The lowest BCUT2D eigenvalue weighted by atomic mass is 10.1. The summed E-state index contributed by atoms with van der Waals surface area (Å²) >= 11 is 0. The topological polar surface area (TPSA) is 101 Å². The highest BCUT2D eigenvalue weighted by Gasteiger charge is 2.40. The lowest BCUT2D eigenvalue weighted by Crippen LogP contribution is -2.55. The maximum Gasteiger partial charge on any atom is 0.276 e. The van der Waals surface area contributed by atoms with Gasteiger partial charge >= 0.3 is 0 Å². The number of aromatic nitrogens is 1. The second-order valence-corrected chi connectivity index (χ2v) is 7.55. The molecule has 3 heterocycles. The molecule has 2 aliphatic rings. The number of hydrogen-bond acceptors (Lipinski definition) is 5. The van der Waals surface area contributed by atoms with Gasteiger partial charge in [0.15, 0.2) is 17.7 Å². The quantitative estimate of drug-likeness (QED) is 0.765. The average Bonchev–Trinajstić information content (AvgIpc) is 2.74. The van der Waals surface area contributed by atoms with E-state index in [1.54, 1.807) is 0 Å². The van der Waals surface area contributed by atoms with E-state index in [2.05, 4.69) is 5.32 Å². The first-order chi connectivity index (χ1) is 14.8. The van der Waals surface area contributed by atoms with Gasteiger partial charge in [-0.15, -0.1) is 0 Å². The molecule has 0 saturated carbocycles. The molecule has 2 N–H and O–H groups in total.